The summed E-state index contributed by atoms with van der Waals surface area (Å²) in [5, 5.41) is 0. The first-order valence-electron chi connectivity index (χ1n) is 8.27. The number of ether oxygens (including phenoxy) is 1. The van der Waals surface area contributed by atoms with Gasteiger partial charge in [-0.25, -0.2) is 10.6 Å². The van der Waals surface area contributed by atoms with Gasteiger partial charge < -0.3 is 20.3 Å². The Hall–Kier alpha value is -1.99. The highest BCUT2D eigenvalue weighted by atomic mass is 16.6. The van der Waals surface area contributed by atoms with Gasteiger partial charge in [-0.3, -0.25) is 5.43 Å². The van der Waals surface area contributed by atoms with E-state index in [-0.39, 0.29) is 0 Å². The number of likely N-dealkylation sites (N-methyl/N-ethyl adjacent to an activating group) is 1. The molecule has 136 valence electrons. The van der Waals surface area contributed by atoms with Gasteiger partial charge in [0.15, 0.2) is 0 Å². The zero-order valence-electron chi connectivity index (χ0n) is 15.2. The van der Waals surface area contributed by atoms with Crippen LogP contribution in [0.5, 0.6) is 0 Å². The molecule has 1 amide bonds. The zero-order chi connectivity index (χ0) is 18.2. The molecule has 0 radical (unpaired) electrons. The molecule has 1 aromatic carbocycles. The summed E-state index contributed by atoms with van der Waals surface area (Å²) in [6.45, 7) is 13.3. The Kier molecular flexibility index (Phi) is 7.81. The van der Waals surface area contributed by atoms with Crippen molar-refractivity contribution < 1.29 is 9.53 Å². The van der Waals surface area contributed by atoms with Gasteiger partial charge >= 0.3 is 6.09 Å². The van der Waals surface area contributed by atoms with Crippen LogP contribution in [0.2, 0.25) is 0 Å². The van der Waals surface area contributed by atoms with Crippen LogP contribution in [0.1, 0.15) is 27.7 Å². The van der Waals surface area contributed by atoms with E-state index >= 15 is 0 Å². The van der Waals surface area contributed by atoms with Gasteiger partial charge in [0, 0.05) is 37.6 Å². The molecule has 1 aromatic rings. The molecule has 2 rings (SSSR count). The number of nitrogens with two attached hydrogens (primary N) is 2. The quantitative estimate of drug-likeness (QED) is 0.329. The molecule has 1 aliphatic heterocycles. The molecule has 1 aliphatic rings. The molecule has 0 bridgehead atoms. The summed E-state index contributed by atoms with van der Waals surface area (Å²) in [6, 6.07) is 8.16. The third kappa shape index (κ3) is 7.52. The number of nitrogens with zero attached hydrogens (tertiary/aromatic N) is 2. The van der Waals surface area contributed by atoms with Crippen LogP contribution in [0, 0.1) is 0 Å². The number of benzene rings is 1. The van der Waals surface area contributed by atoms with Crippen molar-refractivity contribution in [2.75, 3.05) is 43.4 Å². The number of hydrogen-bond acceptors (Lipinski definition) is 6. The second kappa shape index (κ2) is 9.34. The maximum Gasteiger partial charge on any atom is 0.421 e. The number of carbonyl (C=O) groups excluding carboxylic acids is 1. The lowest BCUT2D eigenvalue weighted by Crippen LogP contribution is -2.46. The molecule has 0 spiro atoms. The van der Waals surface area contributed by atoms with E-state index in [9.17, 15) is 4.79 Å². The average Bonchev–Trinajstić information content (AvgIpc) is 2.55. The van der Waals surface area contributed by atoms with Gasteiger partial charge in [0.1, 0.15) is 5.60 Å². The van der Waals surface area contributed by atoms with E-state index in [1.54, 1.807) is 20.8 Å². The number of carbonyl (C=O) groups is 1. The summed E-state index contributed by atoms with van der Waals surface area (Å²) >= 11 is 0. The monoisotopic (exact) mass is 337 g/mol. The Morgan fingerprint density at radius 2 is 1.71 bits per heavy atom. The van der Waals surface area contributed by atoms with Gasteiger partial charge in [0.25, 0.3) is 0 Å². The predicted octanol–water partition coefficient (Wildman–Crippen LogP) is 1.80. The number of rotatable bonds is 2. The topological polar surface area (TPSA) is 96.8 Å². The molecular formula is C17H31N5O2. The Balaban J connectivity index is 0.000000277. The van der Waals surface area contributed by atoms with Gasteiger partial charge in [0.2, 0.25) is 0 Å². The molecule has 7 nitrogen and oxygen atoms in total. The summed E-state index contributed by atoms with van der Waals surface area (Å²) in [5.41, 5.74) is 9.20. The van der Waals surface area contributed by atoms with Gasteiger partial charge in [0.05, 0.1) is 0 Å². The van der Waals surface area contributed by atoms with E-state index in [2.05, 4.69) is 28.9 Å². The first kappa shape index (κ1) is 20.1. The minimum absolute atomic E-state index is 0.469. The van der Waals surface area contributed by atoms with E-state index in [0.29, 0.717) is 0 Å². The maximum absolute atomic E-state index is 10.4. The largest absolute Gasteiger partial charge is 0.443 e. The summed E-state index contributed by atoms with van der Waals surface area (Å²) in [4.78, 5) is 15.3. The van der Waals surface area contributed by atoms with E-state index in [1.165, 1.54) is 18.8 Å². The Morgan fingerprint density at radius 3 is 2.08 bits per heavy atom. The highest BCUT2D eigenvalue weighted by Gasteiger charge is 2.15. The van der Waals surface area contributed by atoms with E-state index in [0.717, 1.165) is 25.3 Å². The molecule has 5 N–H and O–H groups in total. The van der Waals surface area contributed by atoms with E-state index < -0.39 is 11.7 Å². The van der Waals surface area contributed by atoms with Gasteiger partial charge in [-0.15, -0.1) is 0 Å². The van der Waals surface area contributed by atoms with Crippen LogP contribution in [-0.2, 0) is 4.74 Å². The number of anilines is 2. The third-order valence-electron chi connectivity index (χ3n) is 3.59. The van der Waals surface area contributed by atoms with E-state index in [4.69, 9.17) is 16.3 Å². The average molecular weight is 337 g/mol. The van der Waals surface area contributed by atoms with Gasteiger partial charge in [-0.1, -0.05) is 6.92 Å². The molecule has 0 unspecified atom stereocenters. The van der Waals surface area contributed by atoms with Crippen molar-refractivity contribution in [2.24, 2.45) is 5.84 Å². The maximum atomic E-state index is 10.4. The summed E-state index contributed by atoms with van der Waals surface area (Å²) in [7, 11) is 0. The summed E-state index contributed by atoms with van der Waals surface area (Å²) < 4.78 is 4.71. The highest BCUT2D eigenvalue weighted by Crippen LogP contribution is 2.17. The van der Waals surface area contributed by atoms with Crippen molar-refractivity contribution in [3.63, 3.8) is 0 Å². The molecular weight excluding hydrogens is 306 g/mol. The number of amides is 1. The normalized spacial score (nSPS) is 15.3. The number of nitrogen functional groups attached to an aromatic ring is 1. The molecule has 0 aromatic heterocycles. The summed E-state index contributed by atoms with van der Waals surface area (Å²) in [5.74, 6) is 4.75. The molecule has 7 heteroatoms. The minimum Gasteiger partial charge on any atom is -0.443 e. The molecule has 1 heterocycles. The fraction of sp³-hybridized carbons (Fsp3) is 0.588. The molecule has 0 aliphatic carbocycles. The first-order chi connectivity index (χ1) is 11.2. The number of nitrogens with one attached hydrogen (secondary N) is 1. The fourth-order valence-corrected chi connectivity index (χ4v) is 2.31. The fourth-order valence-electron chi connectivity index (χ4n) is 2.31. The van der Waals surface area contributed by atoms with Crippen LogP contribution in [0.4, 0.5) is 16.2 Å². The van der Waals surface area contributed by atoms with Crippen molar-refractivity contribution in [2.45, 2.75) is 33.3 Å². The molecule has 24 heavy (non-hydrogen) atoms. The van der Waals surface area contributed by atoms with Crippen LogP contribution in [0.15, 0.2) is 24.3 Å². The second-order valence-electron chi connectivity index (χ2n) is 6.66. The van der Waals surface area contributed by atoms with Crippen LogP contribution < -0.4 is 21.9 Å². The third-order valence-corrected chi connectivity index (χ3v) is 3.59. The van der Waals surface area contributed by atoms with Crippen molar-refractivity contribution >= 4 is 17.5 Å². The van der Waals surface area contributed by atoms with Crippen LogP contribution >= 0.6 is 0 Å². The Labute approximate surface area is 144 Å². The number of hydrogen-bond donors (Lipinski definition) is 3. The molecule has 0 atom stereocenters. The predicted molar refractivity (Wildman–Crippen MR) is 98.7 cm³/mol. The second-order valence-corrected chi connectivity index (χ2v) is 6.66. The standard InChI is InChI=1S/C12H19N3.C5H12N2O2/c1-2-14-7-9-15(10-8-14)12-5-3-11(13)4-6-12;1-5(2,3)9-4(8)7-6/h3-6H,2,7-10,13H2,1H3;6H2,1-3H3,(H,7,8). The number of piperazine rings is 1. The van der Waals surface area contributed by atoms with Crippen molar-refractivity contribution in [1.29, 1.82) is 0 Å². The van der Waals surface area contributed by atoms with Crippen molar-refractivity contribution in [3.8, 4) is 0 Å². The SMILES string of the molecule is CC(C)(C)OC(=O)NN.CCN1CCN(c2ccc(N)cc2)CC1. The smallest absolute Gasteiger partial charge is 0.421 e. The van der Waals surface area contributed by atoms with E-state index in [1.807, 2.05) is 17.6 Å². The van der Waals surface area contributed by atoms with Crippen molar-refractivity contribution in [1.82, 2.24) is 10.3 Å². The Morgan fingerprint density at radius 1 is 1.17 bits per heavy atom. The zero-order valence-corrected chi connectivity index (χ0v) is 15.2. The lowest BCUT2D eigenvalue weighted by atomic mass is 10.2. The first-order valence-corrected chi connectivity index (χ1v) is 8.27. The summed E-state index contributed by atoms with van der Waals surface area (Å²) in [6.07, 6.45) is -0.609. The van der Waals surface area contributed by atoms with Crippen LogP contribution in [0.3, 0.4) is 0 Å². The van der Waals surface area contributed by atoms with Gasteiger partial charge in [-0.05, 0) is 51.6 Å². The lowest BCUT2D eigenvalue weighted by Gasteiger charge is -2.35. The molecule has 1 fully saturated rings. The minimum atomic E-state index is -0.609. The molecule has 0 saturated carbocycles. The Bertz CT molecular complexity index is 491. The molecule has 1 saturated heterocycles. The van der Waals surface area contributed by atoms with Gasteiger partial charge in [-0.2, -0.15) is 0 Å². The van der Waals surface area contributed by atoms with Crippen molar-refractivity contribution in [3.05, 3.63) is 24.3 Å². The van der Waals surface area contributed by atoms with Crippen LogP contribution in [-0.4, -0.2) is 49.3 Å². The van der Waals surface area contributed by atoms with Crippen LogP contribution in [0.25, 0.3) is 0 Å². The lowest BCUT2D eigenvalue weighted by molar-refractivity contribution is 0.0527. The highest BCUT2D eigenvalue weighted by molar-refractivity contribution is 5.66. The number of hydrazine groups is 1.